The van der Waals surface area contributed by atoms with Crippen molar-refractivity contribution in [3.8, 4) is 5.75 Å². The molecule has 3 nitrogen and oxygen atoms in total. The molecule has 0 spiro atoms. The first-order chi connectivity index (χ1) is 11.7. The third kappa shape index (κ3) is 5.88. The van der Waals surface area contributed by atoms with E-state index in [1.807, 2.05) is 31.2 Å². The van der Waals surface area contributed by atoms with Crippen LogP contribution in [-0.4, -0.2) is 19.1 Å². The quantitative estimate of drug-likeness (QED) is 0.588. The van der Waals surface area contributed by atoms with Crippen molar-refractivity contribution in [2.75, 3.05) is 13.2 Å². The summed E-state index contributed by atoms with van der Waals surface area (Å²) in [6.45, 7) is 3.19. The van der Waals surface area contributed by atoms with Crippen LogP contribution < -0.4 is 10.1 Å². The summed E-state index contributed by atoms with van der Waals surface area (Å²) in [5, 5.41) is 2.85. The highest BCUT2D eigenvalue weighted by Crippen LogP contribution is 2.19. The summed E-state index contributed by atoms with van der Waals surface area (Å²) in [4.78, 5) is 11.8. The van der Waals surface area contributed by atoms with Crippen molar-refractivity contribution in [3.63, 3.8) is 0 Å². The number of rotatable bonds is 8. The molecular weight excluding hydrogens is 305 g/mol. The number of hydrogen-bond donors (Lipinski definition) is 1. The van der Waals surface area contributed by atoms with E-state index >= 15 is 0 Å². The molecule has 0 atom stereocenters. The summed E-state index contributed by atoms with van der Waals surface area (Å²) < 4.78 is 18.4. The van der Waals surface area contributed by atoms with Crippen LogP contribution in [0.4, 0.5) is 4.39 Å². The van der Waals surface area contributed by atoms with Crippen molar-refractivity contribution in [1.82, 2.24) is 5.32 Å². The number of para-hydroxylation sites is 1. The molecule has 126 valence electrons. The lowest BCUT2D eigenvalue weighted by atomic mass is 10.1. The van der Waals surface area contributed by atoms with E-state index < -0.39 is 0 Å². The van der Waals surface area contributed by atoms with E-state index in [2.05, 4.69) is 5.32 Å². The lowest BCUT2D eigenvalue weighted by Crippen LogP contribution is -2.22. The van der Waals surface area contributed by atoms with Gasteiger partial charge in [0.1, 0.15) is 11.6 Å². The first kappa shape index (κ1) is 17.7. The first-order valence-corrected chi connectivity index (χ1v) is 8.11. The fourth-order valence-electron chi connectivity index (χ4n) is 2.30. The van der Waals surface area contributed by atoms with Crippen LogP contribution in [0.1, 0.15) is 24.5 Å². The van der Waals surface area contributed by atoms with E-state index in [9.17, 15) is 9.18 Å². The Labute approximate surface area is 142 Å². The van der Waals surface area contributed by atoms with Crippen LogP contribution in [-0.2, 0) is 11.2 Å². The molecular formula is C20H22FNO2. The number of hydrogen-bond acceptors (Lipinski definition) is 2. The number of nitrogens with one attached hydrogen (secondary N) is 1. The Morgan fingerprint density at radius 3 is 2.67 bits per heavy atom. The lowest BCUT2D eigenvalue weighted by Gasteiger charge is -2.09. The smallest absolute Gasteiger partial charge is 0.243 e. The van der Waals surface area contributed by atoms with Gasteiger partial charge in [-0.25, -0.2) is 4.39 Å². The standard InChI is InChI=1S/C20H22FNO2/c1-2-24-19-8-4-3-6-17(19)7-5-15-22-20(23)14-11-16-9-12-18(21)13-10-16/h3-4,6,8-14H,2,5,7,15H2,1H3,(H,22,23)/b14-11+. The van der Waals surface area contributed by atoms with Gasteiger partial charge in [-0.1, -0.05) is 30.3 Å². The molecule has 0 saturated heterocycles. The van der Waals surface area contributed by atoms with Crippen molar-refractivity contribution >= 4 is 12.0 Å². The Bertz CT molecular complexity index is 680. The summed E-state index contributed by atoms with van der Waals surface area (Å²) in [6.07, 6.45) is 4.80. The maximum atomic E-state index is 12.8. The molecule has 0 radical (unpaired) electrons. The third-order valence-electron chi connectivity index (χ3n) is 3.49. The highest BCUT2D eigenvalue weighted by Gasteiger charge is 2.02. The number of aryl methyl sites for hydroxylation is 1. The van der Waals surface area contributed by atoms with E-state index in [1.54, 1.807) is 18.2 Å². The summed E-state index contributed by atoms with van der Waals surface area (Å²) in [6, 6.07) is 13.9. The third-order valence-corrected chi connectivity index (χ3v) is 3.49. The van der Waals surface area contributed by atoms with E-state index in [4.69, 9.17) is 4.74 Å². The number of ether oxygens (including phenoxy) is 1. The van der Waals surface area contributed by atoms with Gasteiger partial charge in [0.2, 0.25) is 5.91 Å². The molecule has 1 N–H and O–H groups in total. The van der Waals surface area contributed by atoms with Gasteiger partial charge in [-0.2, -0.15) is 0 Å². The number of amides is 1. The van der Waals surface area contributed by atoms with Crippen molar-refractivity contribution in [3.05, 3.63) is 71.6 Å². The number of benzene rings is 2. The Morgan fingerprint density at radius 1 is 1.17 bits per heavy atom. The van der Waals surface area contributed by atoms with Crippen molar-refractivity contribution < 1.29 is 13.9 Å². The number of carbonyl (C=O) groups excluding carboxylic acids is 1. The van der Waals surface area contributed by atoms with Gasteiger partial charge in [0.05, 0.1) is 6.61 Å². The van der Waals surface area contributed by atoms with Gasteiger partial charge in [0.15, 0.2) is 0 Å². The molecule has 4 heteroatoms. The molecule has 2 rings (SSSR count). The van der Waals surface area contributed by atoms with Crippen LogP contribution in [0.2, 0.25) is 0 Å². The largest absolute Gasteiger partial charge is 0.494 e. The second kappa shape index (κ2) is 9.50. The molecule has 0 unspecified atom stereocenters. The average Bonchev–Trinajstić information content (AvgIpc) is 2.60. The molecule has 0 bridgehead atoms. The number of halogens is 1. The fraction of sp³-hybridized carbons (Fsp3) is 0.250. The Kier molecular flexibility index (Phi) is 7.02. The zero-order valence-electron chi connectivity index (χ0n) is 13.8. The Hall–Kier alpha value is -2.62. The molecule has 0 aliphatic heterocycles. The maximum Gasteiger partial charge on any atom is 0.243 e. The van der Waals surface area contributed by atoms with Gasteiger partial charge in [-0.15, -0.1) is 0 Å². The van der Waals surface area contributed by atoms with E-state index in [0.29, 0.717) is 13.2 Å². The lowest BCUT2D eigenvalue weighted by molar-refractivity contribution is -0.116. The van der Waals surface area contributed by atoms with Gasteiger partial charge < -0.3 is 10.1 Å². The van der Waals surface area contributed by atoms with Crippen LogP contribution in [0.25, 0.3) is 6.08 Å². The fourth-order valence-corrected chi connectivity index (χ4v) is 2.30. The summed E-state index contributed by atoms with van der Waals surface area (Å²) in [5.41, 5.74) is 1.94. The van der Waals surface area contributed by atoms with Crippen LogP contribution in [0.15, 0.2) is 54.6 Å². The highest BCUT2D eigenvalue weighted by molar-refractivity contribution is 5.91. The van der Waals surface area contributed by atoms with E-state index in [0.717, 1.165) is 29.7 Å². The van der Waals surface area contributed by atoms with Crippen LogP contribution >= 0.6 is 0 Å². The predicted molar refractivity (Wildman–Crippen MR) is 94.4 cm³/mol. The monoisotopic (exact) mass is 327 g/mol. The van der Waals surface area contributed by atoms with Gasteiger partial charge in [-0.3, -0.25) is 4.79 Å². The number of carbonyl (C=O) groups is 1. The second-order valence-electron chi connectivity index (χ2n) is 5.32. The van der Waals surface area contributed by atoms with Crippen LogP contribution in [0, 0.1) is 5.82 Å². The van der Waals surface area contributed by atoms with Gasteiger partial charge in [-0.05, 0) is 55.2 Å². The van der Waals surface area contributed by atoms with E-state index in [-0.39, 0.29) is 11.7 Å². The summed E-state index contributed by atoms with van der Waals surface area (Å²) >= 11 is 0. The zero-order valence-corrected chi connectivity index (χ0v) is 13.8. The van der Waals surface area contributed by atoms with Crippen molar-refractivity contribution in [1.29, 1.82) is 0 Å². The first-order valence-electron chi connectivity index (χ1n) is 8.11. The Morgan fingerprint density at radius 2 is 1.92 bits per heavy atom. The van der Waals surface area contributed by atoms with Crippen molar-refractivity contribution in [2.24, 2.45) is 0 Å². The summed E-state index contributed by atoms with van der Waals surface area (Å²) in [5.74, 6) is 0.462. The topological polar surface area (TPSA) is 38.3 Å². The minimum Gasteiger partial charge on any atom is -0.494 e. The van der Waals surface area contributed by atoms with Gasteiger partial charge in [0.25, 0.3) is 0 Å². The second-order valence-corrected chi connectivity index (χ2v) is 5.32. The molecule has 0 heterocycles. The molecule has 1 amide bonds. The molecule has 24 heavy (non-hydrogen) atoms. The Balaban J connectivity index is 1.74. The minimum absolute atomic E-state index is 0.155. The molecule has 0 aliphatic rings. The van der Waals surface area contributed by atoms with Crippen LogP contribution in [0.5, 0.6) is 5.75 Å². The minimum atomic E-state index is -0.288. The van der Waals surface area contributed by atoms with Crippen LogP contribution in [0.3, 0.4) is 0 Å². The predicted octanol–water partition coefficient (Wildman–Crippen LogP) is 3.99. The maximum absolute atomic E-state index is 12.8. The zero-order chi connectivity index (χ0) is 17.2. The average molecular weight is 327 g/mol. The molecule has 0 fully saturated rings. The SMILES string of the molecule is CCOc1ccccc1CCCNC(=O)/C=C/c1ccc(F)cc1. The van der Waals surface area contributed by atoms with Gasteiger partial charge in [0, 0.05) is 12.6 Å². The molecule has 2 aromatic rings. The summed E-state index contributed by atoms with van der Waals surface area (Å²) in [7, 11) is 0. The van der Waals surface area contributed by atoms with Crippen molar-refractivity contribution in [2.45, 2.75) is 19.8 Å². The van der Waals surface area contributed by atoms with Gasteiger partial charge >= 0.3 is 0 Å². The highest BCUT2D eigenvalue weighted by atomic mass is 19.1. The normalized spacial score (nSPS) is 10.8. The molecule has 0 aliphatic carbocycles. The molecule has 0 aromatic heterocycles. The van der Waals surface area contributed by atoms with E-state index in [1.165, 1.54) is 18.2 Å². The molecule has 2 aromatic carbocycles. The molecule has 0 saturated carbocycles.